The van der Waals surface area contributed by atoms with Crippen LogP contribution in [-0.4, -0.2) is 35.3 Å². The molecule has 0 radical (unpaired) electrons. The summed E-state index contributed by atoms with van der Waals surface area (Å²) in [6, 6.07) is 13.2. The van der Waals surface area contributed by atoms with Crippen molar-refractivity contribution in [3.8, 4) is 0 Å². The minimum atomic E-state index is -0.731. The Bertz CT molecular complexity index is 964. The van der Waals surface area contributed by atoms with Crippen molar-refractivity contribution in [3.05, 3.63) is 70.2 Å². The molecule has 32 heavy (non-hydrogen) atoms. The molecule has 0 unspecified atom stereocenters. The van der Waals surface area contributed by atoms with Crippen LogP contribution >= 0.6 is 11.6 Å². The average molecular weight is 457 g/mol. The Balaban J connectivity index is 1.57. The SMILES string of the molecule is C[C@H]1CCCCN1C(=O)c1ccc(CNC(=O)C[C@H](NC(N)=O)c2ccccc2Cl)cc1. The molecule has 1 saturated heterocycles. The summed E-state index contributed by atoms with van der Waals surface area (Å²) in [5.41, 5.74) is 7.41. The first kappa shape index (κ1) is 23.6. The van der Waals surface area contributed by atoms with Gasteiger partial charge in [0.1, 0.15) is 0 Å². The van der Waals surface area contributed by atoms with Crippen LogP contribution in [0.25, 0.3) is 0 Å². The van der Waals surface area contributed by atoms with Crippen LogP contribution in [0.3, 0.4) is 0 Å². The van der Waals surface area contributed by atoms with Gasteiger partial charge in [-0.25, -0.2) is 4.79 Å². The number of rotatable bonds is 7. The molecule has 4 N–H and O–H groups in total. The van der Waals surface area contributed by atoms with E-state index >= 15 is 0 Å². The van der Waals surface area contributed by atoms with Crippen molar-refractivity contribution < 1.29 is 14.4 Å². The molecule has 3 rings (SSSR count). The number of likely N-dealkylation sites (tertiary alicyclic amines) is 1. The van der Waals surface area contributed by atoms with Gasteiger partial charge in [-0.1, -0.05) is 41.9 Å². The predicted octanol–water partition coefficient (Wildman–Crippen LogP) is 3.77. The van der Waals surface area contributed by atoms with Crippen LogP contribution in [0, 0.1) is 0 Å². The smallest absolute Gasteiger partial charge is 0.312 e. The Morgan fingerprint density at radius 3 is 2.50 bits per heavy atom. The number of hydrogen-bond acceptors (Lipinski definition) is 3. The average Bonchev–Trinajstić information content (AvgIpc) is 2.77. The van der Waals surface area contributed by atoms with Crippen molar-refractivity contribution in [2.45, 2.75) is 51.2 Å². The van der Waals surface area contributed by atoms with E-state index in [2.05, 4.69) is 17.6 Å². The summed E-state index contributed by atoms with van der Waals surface area (Å²) < 4.78 is 0. The first-order chi connectivity index (χ1) is 15.3. The van der Waals surface area contributed by atoms with Crippen LogP contribution in [0.5, 0.6) is 0 Å². The second-order valence-corrected chi connectivity index (χ2v) is 8.51. The molecule has 0 aromatic heterocycles. The minimum Gasteiger partial charge on any atom is -0.352 e. The number of halogens is 1. The lowest BCUT2D eigenvalue weighted by atomic mass is 10.0. The highest BCUT2D eigenvalue weighted by Gasteiger charge is 2.24. The van der Waals surface area contributed by atoms with Crippen LogP contribution in [0.15, 0.2) is 48.5 Å². The number of carbonyl (C=O) groups is 3. The number of nitrogens with one attached hydrogen (secondary N) is 2. The van der Waals surface area contributed by atoms with Crippen LogP contribution in [-0.2, 0) is 11.3 Å². The normalized spacial score (nSPS) is 16.8. The summed E-state index contributed by atoms with van der Waals surface area (Å²) in [7, 11) is 0. The summed E-state index contributed by atoms with van der Waals surface area (Å²) in [4.78, 5) is 38.6. The fourth-order valence-corrected chi connectivity index (χ4v) is 4.22. The second-order valence-electron chi connectivity index (χ2n) is 8.10. The van der Waals surface area contributed by atoms with Crippen molar-refractivity contribution in [1.82, 2.24) is 15.5 Å². The van der Waals surface area contributed by atoms with Crippen molar-refractivity contribution in [1.29, 1.82) is 0 Å². The van der Waals surface area contributed by atoms with E-state index in [9.17, 15) is 14.4 Å². The van der Waals surface area contributed by atoms with Gasteiger partial charge in [-0.15, -0.1) is 0 Å². The Labute approximate surface area is 193 Å². The minimum absolute atomic E-state index is 0.00388. The Morgan fingerprint density at radius 2 is 1.84 bits per heavy atom. The number of amides is 4. The lowest BCUT2D eigenvalue weighted by Crippen LogP contribution is -2.42. The number of nitrogens with zero attached hydrogens (tertiary/aromatic N) is 1. The highest BCUT2D eigenvalue weighted by Crippen LogP contribution is 2.25. The van der Waals surface area contributed by atoms with Gasteiger partial charge in [0.15, 0.2) is 0 Å². The molecule has 2 atom stereocenters. The van der Waals surface area contributed by atoms with E-state index in [4.69, 9.17) is 17.3 Å². The van der Waals surface area contributed by atoms with Crippen LogP contribution in [0.2, 0.25) is 5.02 Å². The van der Waals surface area contributed by atoms with Crippen LogP contribution < -0.4 is 16.4 Å². The summed E-state index contributed by atoms with van der Waals surface area (Å²) in [5, 5.41) is 5.86. The number of nitrogens with two attached hydrogens (primary N) is 1. The third-order valence-corrected chi connectivity index (χ3v) is 6.09. The van der Waals surface area contributed by atoms with Gasteiger partial charge in [0.05, 0.1) is 12.5 Å². The van der Waals surface area contributed by atoms with Crippen LogP contribution in [0.4, 0.5) is 4.79 Å². The number of benzene rings is 2. The zero-order chi connectivity index (χ0) is 23.1. The van der Waals surface area contributed by atoms with Crippen molar-refractivity contribution in [3.63, 3.8) is 0 Å². The van der Waals surface area contributed by atoms with E-state index in [0.717, 1.165) is 31.4 Å². The zero-order valence-corrected chi connectivity index (χ0v) is 18.9. The maximum atomic E-state index is 12.8. The van der Waals surface area contributed by atoms with Gasteiger partial charge in [-0.2, -0.15) is 0 Å². The number of urea groups is 1. The van der Waals surface area contributed by atoms with Gasteiger partial charge in [-0.05, 0) is 55.5 Å². The Morgan fingerprint density at radius 1 is 1.12 bits per heavy atom. The van der Waals surface area contributed by atoms with Gasteiger partial charge < -0.3 is 21.3 Å². The maximum absolute atomic E-state index is 12.8. The molecule has 2 aromatic carbocycles. The molecular weight excluding hydrogens is 428 g/mol. The van der Waals surface area contributed by atoms with E-state index in [1.54, 1.807) is 36.4 Å². The summed E-state index contributed by atoms with van der Waals surface area (Å²) in [6.45, 7) is 3.19. The molecule has 0 bridgehead atoms. The molecule has 7 nitrogen and oxygen atoms in total. The molecule has 170 valence electrons. The van der Waals surface area contributed by atoms with Crippen molar-refractivity contribution in [2.24, 2.45) is 5.73 Å². The largest absolute Gasteiger partial charge is 0.352 e. The van der Waals surface area contributed by atoms with Gasteiger partial charge in [0.25, 0.3) is 5.91 Å². The zero-order valence-electron chi connectivity index (χ0n) is 18.1. The molecule has 0 aliphatic carbocycles. The summed E-state index contributed by atoms with van der Waals surface area (Å²) in [6.07, 6.45) is 3.24. The molecule has 2 aromatic rings. The van der Waals surface area contributed by atoms with E-state index in [0.29, 0.717) is 22.7 Å². The molecular formula is C24H29ClN4O3. The third kappa shape index (κ3) is 6.23. The highest BCUT2D eigenvalue weighted by molar-refractivity contribution is 6.31. The van der Waals surface area contributed by atoms with Gasteiger partial charge in [0.2, 0.25) is 5.91 Å². The third-order valence-electron chi connectivity index (χ3n) is 5.74. The van der Waals surface area contributed by atoms with Crippen molar-refractivity contribution >= 4 is 29.4 Å². The summed E-state index contributed by atoms with van der Waals surface area (Å²) in [5.74, 6) is -0.209. The van der Waals surface area contributed by atoms with Gasteiger partial charge in [-0.3, -0.25) is 9.59 Å². The molecule has 1 aliphatic heterocycles. The van der Waals surface area contributed by atoms with Gasteiger partial charge >= 0.3 is 6.03 Å². The molecule has 0 saturated carbocycles. The number of primary amides is 1. The first-order valence-corrected chi connectivity index (χ1v) is 11.2. The molecule has 4 amide bonds. The molecule has 1 fully saturated rings. The summed E-state index contributed by atoms with van der Waals surface area (Å²) >= 11 is 6.21. The predicted molar refractivity (Wildman–Crippen MR) is 124 cm³/mol. The molecule has 1 heterocycles. The van der Waals surface area contributed by atoms with Gasteiger partial charge in [0, 0.05) is 29.7 Å². The second kappa shape index (κ2) is 11.0. The topological polar surface area (TPSA) is 105 Å². The van der Waals surface area contributed by atoms with Crippen LogP contribution in [0.1, 0.15) is 60.1 Å². The fraction of sp³-hybridized carbons (Fsp3) is 0.375. The van der Waals surface area contributed by atoms with E-state index in [-0.39, 0.29) is 24.3 Å². The monoisotopic (exact) mass is 456 g/mol. The van der Waals surface area contributed by atoms with Crippen molar-refractivity contribution in [2.75, 3.05) is 6.54 Å². The Kier molecular flexibility index (Phi) is 8.11. The number of carbonyl (C=O) groups excluding carboxylic acids is 3. The number of piperidine rings is 1. The van der Waals surface area contributed by atoms with E-state index in [1.807, 2.05) is 17.0 Å². The fourth-order valence-electron chi connectivity index (χ4n) is 3.96. The number of hydrogen-bond donors (Lipinski definition) is 3. The van der Waals surface area contributed by atoms with E-state index < -0.39 is 12.1 Å². The molecule has 8 heteroatoms. The first-order valence-electron chi connectivity index (χ1n) is 10.8. The Hall–Kier alpha value is -3.06. The lowest BCUT2D eigenvalue weighted by molar-refractivity contribution is -0.121. The quantitative estimate of drug-likeness (QED) is 0.590. The molecule has 1 aliphatic rings. The maximum Gasteiger partial charge on any atom is 0.312 e. The lowest BCUT2D eigenvalue weighted by Gasteiger charge is -2.33. The standard InChI is InChI=1S/C24H29ClN4O3/c1-16-6-4-5-13-29(16)23(31)18-11-9-17(10-12-18)15-27-22(30)14-21(28-24(26)32)19-7-2-3-8-20(19)25/h2-3,7-12,16,21H,4-6,13-15H2,1H3,(H,27,30)(H3,26,28,32)/t16-,21-/m0/s1. The molecule has 0 spiro atoms. The van der Waals surface area contributed by atoms with E-state index in [1.165, 1.54) is 0 Å². The highest BCUT2D eigenvalue weighted by atomic mass is 35.5.